The minimum Gasteiger partial charge on any atom is -0.543 e. The van der Waals surface area contributed by atoms with E-state index >= 15 is 0 Å². The lowest BCUT2D eigenvalue weighted by Gasteiger charge is -2.20. The molecular formula is C16H21NOSSi. The number of aryl methyl sites for hydroxylation is 2. The Morgan fingerprint density at radius 1 is 1.15 bits per heavy atom. The van der Waals surface area contributed by atoms with Gasteiger partial charge in [0.25, 0.3) is 0 Å². The molecule has 106 valence electrons. The molecule has 2 rings (SSSR count). The summed E-state index contributed by atoms with van der Waals surface area (Å²) in [5.41, 5.74) is 3.37. The molecule has 0 fully saturated rings. The minimum atomic E-state index is -1.63. The van der Waals surface area contributed by atoms with Gasteiger partial charge in [0, 0.05) is 11.1 Å². The van der Waals surface area contributed by atoms with Crippen LogP contribution in [-0.2, 0) is 0 Å². The summed E-state index contributed by atoms with van der Waals surface area (Å²) in [6.45, 7) is 10.7. The van der Waals surface area contributed by atoms with Gasteiger partial charge in [-0.05, 0) is 68.2 Å². The lowest BCUT2D eigenvalue weighted by molar-refractivity contribution is 0.558. The fraction of sp³-hybridized carbons (Fsp3) is 0.312. The van der Waals surface area contributed by atoms with Gasteiger partial charge in [-0.3, -0.25) is 4.99 Å². The zero-order valence-corrected chi connectivity index (χ0v) is 14.5. The molecule has 1 aromatic heterocycles. The Morgan fingerprint density at radius 3 is 2.50 bits per heavy atom. The van der Waals surface area contributed by atoms with E-state index in [-0.39, 0.29) is 0 Å². The van der Waals surface area contributed by atoms with Crippen LogP contribution in [0.1, 0.15) is 16.0 Å². The number of nitrogens with zero attached hydrogens (tertiary/aromatic N) is 1. The van der Waals surface area contributed by atoms with Gasteiger partial charge < -0.3 is 4.43 Å². The first-order chi connectivity index (χ1) is 9.35. The fourth-order valence-electron chi connectivity index (χ4n) is 1.78. The Kier molecular flexibility index (Phi) is 4.45. The maximum absolute atomic E-state index is 6.14. The first-order valence-corrected chi connectivity index (χ1v) is 11.0. The van der Waals surface area contributed by atoms with Crippen LogP contribution in [0.2, 0.25) is 19.6 Å². The van der Waals surface area contributed by atoms with Crippen LogP contribution in [0, 0.1) is 13.8 Å². The number of aliphatic imine (C=N–C) groups is 1. The Balaban J connectivity index is 2.32. The molecule has 20 heavy (non-hydrogen) atoms. The van der Waals surface area contributed by atoms with Gasteiger partial charge in [0.1, 0.15) is 11.4 Å². The average molecular weight is 304 g/mol. The van der Waals surface area contributed by atoms with E-state index in [4.69, 9.17) is 4.43 Å². The summed E-state index contributed by atoms with van der Waals surface area (Å²) in [7, 11) is -1.63. The first-order valence-electron chi connectivity index (χ1n) is 6.73. The van der Waals surface area contributed by atoms with Crippen molar-refractivity contribution >= 4 is 31.6 Å². The van der Waals surface area contributed by atoms with Crippen molar-refractivity contribution in [3.63, 3.8) is 0 Å². The van der Waals surface area contributed by atoms with E-state index in [0.717, 1.165) is 11.4 Å². The van der Waals surface area contributed by atoms with Crippen LogP contribution in [0.4, 0.5) is 5.69 Å². The molecule has 1 aromatic carbocycles. The van der Waals surface area contributed by atoms with Crippen molar-refractivity contribution < 1.29 is 4.43 Å². The second-order valence-corrected chi connectivity index (χ2v) is 11.3. The third kappa shape index (κ3) is 4.05. The molecule has 0 atom stereocenters. The van der Waals surface area contributed by atoms with Crippen molar-refractivity contribution in [1.29, 1.82) is 0 Å². The quantitative estimate of drug-likeness (QED) is 0.552. The monoisotopic (exact) mass is 303 g/mol. The molecule has 0 radical (unpaired) electrons. The smallest absolute Gasteiger partial charge is 0.242 e. The van der Waals surface area contributed by atoms with Gasteiger partial charge in [-0.15, -0.1) is 11.3 Å². The van der Waals surface area contributed by atoms with Crippen molar-refractivity contribution in [2.75, 3.05) is 0 Å². The number of rotatable bonds is 4. The van der Waals surface area contributed by atoms with E-state index in [1.807, 2.05) is 12.3 Å². The second-order valence-electron chi connectivity index (χ2n) is 5.91. The molecule has 0 unspecified atom stereocenters. The number of hydrogen-bond donors (Lipinski definition) is 0. The van der Waals surface area contributed by atoms with Crippen LogP contribution in [0.5, 0.6) is 5.75 Å². The van der Waals surface area contributed by atoms with Gasteiger partial charge >= 0.3 is 0 Å². The van der Waals surface area contributed by atoms with E-state index < -0.39 is 8.32 Å². The van der Waals surface area contributed by atoms with E-state index in [1.165, 1.54) is 16.0 Å². The van der Waals surface area contributed by atoms with Crippen LogP contribution < -0.4 is 4.43 Å². The highest BCUT2D eigenvalue weighted by Crippen LogP contribution is 2.31. The molecule has 0 aliphatic rings. The zero-order chi connectivity index (χ0) is 14.8. The van der Waals surface area contributed by atoms with Crippen molar-refractivity contribution in [2.45, 2.75) is 33.5 Å². The Morgan fingerprint density at radius 2 is 1.90 bits per heavy atom. The molecule has 0 saturated heterocycles. The zero-order valence-electron chi connectivity index (χ0n) is 12.7. The molecule has 1 heterocycles. The highest BCUT2D eigenvalue weighted by Gasteiger charge is 2.18. The van der Waals surface area contributed by atoms with Gasteiger partial charge in [0.15, 0.2) is 0 Å². The molecule has 2 aromatic rings. The second kappa shape index (κ2) is 5.93. The molecule has 0 aliphatic heterocycles. The summed E-state index contributed by atoms with van der Waals surface area (Å²) < 4.78 is 6.14. The fourth-order valence-corrected chi connectivity index (χ4v) is 3.39. The summed E-state index contributed by atoms with van der Waals surface area (Å²) in [4.78, 5) is 5.82. The largest absolute Gasteiger partial charge is 0.543 e. The summed E-state index contributed by atoms with van der Waals surface area (Å²) in [6, 6.07) is 8.29. The number of thiophene rings is 1. The molecular weight excluding hydrogens is 282 g/mol. The minimum absolute atomic E-state index is 0.898. The van der Waals surface area contributed by atoms with Crippen molar-refractivity contribution in [1.82, 2.24) is 0 Å². The van der Waals surface area contributed by atoms with Gasteiger partial charge in [0.05, 0.1) is 0 Å². The number of hydrogen-bond acceptors (Lipinski definition) is 3. The van der Waals surface area contributed by atoms with Gasteiger partial charge in [0.2, 0.25) is 8.32 Å². The van der Waals surface area contributed by atoms with Gasteiger partial charge in [-0.25, -0.2) is 0 Å². The predicted octanol–water partition coefficient (Wildman–Crippen LogP) is 5.33. The highest BCUT2D eigenvalue weighted by molar-refractivity contribution is 7.11. The van der Waals surface area contributed by atoms with E-state index in [1.54, 1.807) is 11.3 Å². The van der Waals surface area contributed by atoms with E-state index in [2.05, 4.69) is 62.1 Å². The Labute approximate surface area is 126 Å². The van der Waals surface area contributed by atoms with Crippen LogP contribution >= 0.6 is 11.3 Å². The van der Waals surface area contributed by atoms with Crippen LogP contribution in [0.25, 0.3) is 0 Å². The van der Waals surface area contributed by atoms with E-state index in [9.17, 15) is 0 Å². The molecule has 0 N–H and O–H groups in total. The maximum Gasteiger partial charge on any atom is 0.242 e. The normalized spacial score (nSPS) is 12.1. The molecule has 0 aliphatic carbocycles. The average Bonchev–Trinajstić information content (AvgIpc) is 2.72. The molecule has 0 spiro atoms. The SMILES string of the molecule is Cc1ccc(/N=C/c2sccc2C)c(O[Si](C)(C)C)c1. The van der Waals surface area contributed by atoms with Crippen molar-refractivity contribution in [3.8, 4) is 5.75 Å². The predicted molar refractivity (Wildman–Crippen MR) is 91.5 cm³/mol. The summed E-state index contributed by atoms with van der Waals surface area (Å²) >= 11 is 1.71. The molecule has 0 bridgehead atoms. The standard InChI is InChI=1S/C16H21NOSSi/c1-12-6-7-14(15(10-12)18-20(3,4)5)17-11-16-13(2)8-9-19-16/h6-11H,1-5H3/b17-11+. The van der Waals surface area contributed by atoms with E-state index in [0.29, 0.717) is 0 Å². The van der Waals surface area contributed by atoms with Crippen LogP contribution in [0.15, 0.2) is 34.6 Å². The summed E-state index contributed by atoms with van der Waals surface area (Å²) in [6.07, 6.45) is 1.93. The topological polar surface area (TPSA) is 21.6 Å². The van der Waals surface area contributed by atoms with Gasteiger partial charge in [-0.2, -0.15) is 0 Å². The summed E-state index contributed by atoms with van der Waals surface area (Å²) in [5, 5.41) is 2.09. The van der Waals surface area contributed by atoms with Crippen LogP contribution in [0.3, 0.4) is 0 Å². The molecule has 0 saturated carbocycles. The van der Waals surface area contributed by atoms with Gasteiger partial charge in [-0.1, -0.05) is 6.07 Å². The molecule has 0 amide bonds. The summed E-state index contributed by atoms with van der Waals surface area (Å²) in [5.74, 6) is 0.898. The Bertz CT molecular complexity index is 626. The van der Waals surface area contributed by atoms with Crippen molar-refractivity contribution in [3.05, 3.63) is 45.6 Å². The maximum atomic E-state index is 6.14. The highest BCUT2D eigenvalue weighted by atomic mass is 32.1. The molecule has 2 nitrogen and oxygen atoms in total. The third-order valence-electron chi connectivity index (χ3n) is 2.75. The Hall–Kier alpha value is -1.39. The first kappa shape index (κ1) is 15.0. The van der Waals surface area contributed by atoms with Crippen molar-refractivity contribution in [2.24, 2.45) is 4.99 Å². The number of benzene rings is 1. The van der Waals surface area contributed by atoms with Crippen LogP contribution in [-0.4, -0.2) is 14.5 Å². The lowest BCUT2D eigenvalue weighted by Crippen LogP contribution is -2.29. The third-order valence-corrected chi connectivity index (χ3v) is 4.54. The molecule has 4 heteroatoms. The lowest BCUT2D eigenvalue weighted by atomic mass is 10.2.